The molecule has 3 nitrogen and oxygen atoms in total. The molecule has 1 heterocycles. The van der Waals surface area contributed by atoms with Gasteiger partial charge >= 0.3 is 0 Å². The Kier molecular flexibility index (Phi) is 3.86. The fourth-order valence-corrected chi connectivity index (χ4v) is 1.03. The SMILES string of the molecule is CCOCC(=O)c1ccnc(Cl)c1. The summed E-state index contributed by atoms with van der Waals surface area (Å²) in [4.78, 5) is 15.1. The summed E-state index contributed by atoms with van der Waals surface area (Å²) in [6, 6.07) is 3.15. The number of Topliss-reactive ketones (excluding diaryl/α,β-unsaturated/α-hetero) is 1. The maximum Gasteiger partial charge on any atom is 0.188 e. The number of nitrogens with zero attached hydrogens (tertiary/aromatic N) is 1. The number of hydrogen-bond donors (Lipinski definition) is 0. The van der Waals surface area contributed by atoms with E-state index in [1.54, 1.807) is 6.07 Å². The van der Waals surface area contributed by atoms with Crippen LogP contribution in [-0.4, -0.2) is 24.0 Å². The van der Waals surface area contributed by atoms with Crippen molar-refractivity contribution in [2.75, 3.05) is 13.2 Å². The van der Waals surface area contributed by atoms with Gasteiger partial charge in [0.05, 0.1) is 0 Å². The summed E-state index contributed by atoms with van der Waals surface area (Å²) in [5, 5.41) is 0.322. The summed E-state index contributed by atoms with van der Waals surface area (Å²) in [7, 11) is 0. The predicted molar refractivity (Wildman–Crippen MR) is 50.1 cm³/mol. The average molecular weight is 200 g/mol. The molecule has 0 amide bonds. The third-order valence-corrected chi connectivity index (χ3v) is 1.69. The van der Waals surface area contributed by atoms with E-state index in [0.29, 0.717) is 17.3 Å². The maximum atomic E-state index is 11.3. The van der Waals surface area contributed by atoms with Gasteiger partial charge in [0, 0.05) is 18.4 Å². The van der Waals surface area contributed by atoms with E-state index in [1.807, 2.05) is 6.92 Å². The van der Waals surface area contributed by atoms with Crippen LogP contribution in [0.3, 0.4) is 0 Å². The first-order valence-corrected chi connectivity index (χ1v) is 4.34. The Balaban J connectivity index is 2.66. The van der Waals surface area contributed by atoms with Gasteiger partial charge in [-0.05, 0) is 19.1 Å². The standard InChI is InChI=1S/C9H10ClNO2/c1-2-13-6-8(12)7-3-4-11-9(10)5-7/h3-5H,2,6H2,1H3. The van der Waals surface area contributed by atoms with Crippen molar-refractivity contribution in [3.8, 4) is 0 Å². The number of hydrogen-bond acceptors (Lipinski definition) is 3. The molecule has 0 unspecified atom stereocenters. The van der Waals surface area contributed by atoms with Gasteiger partial charge in [-0.3, -0.25) is 4.79 Å². The van der Waals surface area contributed by atoms with E-state index in [-0.39, 0.29) is 12.4 Å². The molecule has 1 aromatic rings. The summed E-state index contributed by atoms with van der Waals surface area (Å²) < 4.78 is 4.98. The lowest BCUT2D eigenvalue weighted by Gasteiger charge is -2.00. The van der Waals surface area contributed by atoms with Crippen LogP contribution in [0.25, 0.3) is 0 Å². The van der Waals surface area contributed by atoms with Crippen LogP contribution in [0.5, 0.6) is 0 Å². The van der Waals surface area contributed by atoms with Gasteiger partial charge in [-0.2, -0.15) is 0 Å². The Morgan fingerprint density at radius 2 is 2.46 bits per heavy atom. The molecule has 0 radical (unpaired) electrons. The summed E-state index contributed by atoms with van der Waals surface area (Å²) in [6.45, 7) is 2.47. The van der Waals surface area contributed by atoms with Gasteiger partial charge in [0.25, 0.3) is 0 Å². The second-order valence-corrected chi connectivity index (χ2v) is 2.81. The molecule has 13 heavy (non-hydrogen) atoms. The van der Waals surface area contributed by atoms with Crippen molar-refractivity contribution in [3.63, 3.8) is 0 Å². The largest absolute Gasteiger partial charge is 0.374 e. The zero-order chi connectivity index (χ0) is 9.68. The van der Waals surface area contributed by atoms with Crippen molar-refractivity contribution in [1.82, 2.24) is 4.98 Å². The minimum Gasteiger partial charge on any atom is -0.374 e. The lowest BCUT2D eigenvalue weighted by atomic mass is 10.2. The molecule has 0 aromatic carbocycles. The van der Waals surface area contributed by atoms with E-state index in [0.717, 1.165) is 0 Å². The molecule has 0 fully saturated rings. The van der Waals surface area contributed by atoms with Gasteiger partial charge in [-0.15, -0.1) is 0 Å². The van der Waals surface area contributed by atoms with Crippen molar-refractivity contribution in [2.24, 2.45) is 0 Å². The Morgan fingerprint density at radius 3 is 3.08 bits per heavy atom. The van der Waals surface area contributed by atoms with Crippen LogP contribution in [0.4, 0.5) is 0 Å². The molecule has 70 valence electrons. The third kappa shape index (κ3) is 3.13. The number of carbonyl (C=O) groups excluding carboxylic acids is 1. The molecule has 0 bridgehead atoms. The normalized spacial score (nSPS) is 10.0. The Bertz CT molecular complexity index is 301. The first-order valence-electron chi connectivity index (χ1n) is 3.96. The van der Waals surface area contributed by atoms with Gasteiger partial charge in [0.2, 0.25) is 0 Å². The Hall–Kier alpha value is -0.930. The molecule has 0 aliphatic rings. The fourth-order valence-electron chi connectivity index (χ4n) is 0.854. The smallest absolute Gasteiger partial charge is 0.188 e. The van der Waals surface area contributed by atoms with Crippen molar-refractivity contribution >= 4 is 17.4 Å². The quantitative estimate of drug-likeness (QED) is 0.550. The summed E-state index contributed by atoms with van der Waals surface area (Å²) in [6.07, 6.45) is 1.50. The Morgan fingerprint density at radius 1 is 1.69 bits per heavy atom. The molecule has 0 saturated carbocycles. The van der Waals surface area contributed by atoms with Gasteiger partial charge in [0.15, 0.2) is 5.78 Å². The summed E-state index contributed by atoms with van der Waals surface area (Å²) >= 11 is 5.62. The zero-order valence-electron chi connectivity index (χ0n) is 7.29. The average Bonchev–Trinajstić information content (AvgIpc) is 2.14. The van der Waals surface area contributed by atoms with Gasteiger partial charge in [-0.1, -0.05) is 11.6 Å². The molecule has 0 atom stereocenters. The van der Waals surface area contributed by atoms with E-state index in [9.17, 15) is 4.79 Å². The highest BCUT2D eigenvalue weighted by Crippen LogP contribution is 2.07. The lowest BCUT2D eigenvalue weighted by molar-refractivity contribution is 0.0783. The number of ether oxygens (including phenoxy) is 1. The third-order valence-electron chi connectivity index (χ3n) is 1.49. The minimum absolute atomic E-state index is 0.0776. The molecule has 0 aliphatic carbocycles. The maximum absolute atomic E-state index is 11.3. The zero-order valence-corrected chi connectivity index (χ0v) is 8.04. The van der Waals surface area contributed by atoms with Crippen molar-refractivity contribution in [3.05, 3.63) is 29.0 Å². The van der Waals surface area contributed by atoms with E-state index in [2.05, 4.69) is 4.98 Å². The number of halogens is 1. The Labute approximate surface area is 81.7 Å². The lowest BCUT2D eigenvalue weighted by Crippen LogP contribution is -2.08. The van der Waals surface area contributed by atoms with Gasteiger partial charge < -0.3 is 4.74 Å². The van der Waals surface area contributed by atoms with Crippen LogP contribution < -0.4 is 0 Å². The second-order valence-electron chi connectivity index (χ2n) is 2.43. The van der Waals surface area contributed by atoms with Crippen molar-refractivity contribution in [2.45, 2.75) is 6.92 Å². The molecule has 0 saturated heterocycles. The number of carbonyl (C=O) groups is 1. The summed E-state index contributed by atoms with van der Waals surface area (Å²) in [5.74, 6) is -0.0776. The topological polar surface area (TPSA) is 39.2 Å². The van der Waals surface area contributed by atoms with E-state index < -0.39 is 0 Å². The number of ketones is 1. The van der Waals surface area contributed by atoms with Crippen LogP contribution in [0, 0.1) is 0 Å². The fraction of sp³-hybridized carbons (Fsp3) is 0.333. The van der Waals surface area contributed by atoms with Crippen LogP contribution in [0.15, 0.2) is 18.3 Å². The van der Waals surface area contributed by atoms with Crippen molar-refractivity contribution < 1.29 is 9.53 Å². The first kappa shape index (κ1) is 10.2. The van der Waals surface area contributed by atoms with Crippen molar-refractivity contribution in [1.29, 1.82) is 0 Å². The molecule has 1 rings (SSSR count). The molecular weight excluding hydrogens is 190 g/mol. The monoisotopic (exact) mass is 199 g/mol. The highest BCUT2D eigenvalue weighted by molar-refractivity contribution is 6.29. The molecule has 1 aromatic heterocycles. The molecule has 0 aliphatic heterocycles. The van der Waals surface area contributed by atoms with E-state index in [4.69, 9.17) is 16.3 Å². The predicted octanol–water partition coefficient (Wildman–Crippen LogP) is 1.95. The minimum atomic E-state index is -0.0776. The molecule has 0 N–H and O–H groups in total. The number of rotatable bonds is 4. The molecular formula is C9H10ClNO2. The first-order chi connectivity index (χ1) is 6.24. The second kappa shape index (κ2) is 4.94. The van der Waals surface area contributed by atoms with E-state index >= 15 is 0 Å². The molecule has 0 spiro atoms. The highest BCUT2D eigenvalue weighted by Gasteiger charge is 2.05. The summed E-state index contributed by atoms with van der Waals surface area (Å²) in [5.41, 5.74) is 0.536. The number of aromatic nitrogens is 1. The highest BCUT2D eigenvalue weighted by atomic mass is 35.5. The molecule has 4 heteroatoms. The van der Waals surface area contributed by atoms with Gasteiger partial charge in [0.1, 0.15) is 11.8 Å². The van der Waals surface area contributed by atoms with Crippen LogP contribution in [-0.2, 0) is 4.74 Å². The van der Waals surface area contributed by atoms with Gasteiger partial charge in [-0.25, -0.2) is 4.98 Å². The van der Waals surface area contributed by atoms with Crippen LogP contribution in [0.1, 0.15) is 17.3 Å². The van der Waals surface area contributed by atoms with Crippen LogP contribution >= 0.6 is 11.6 Å². The number of pyridine rings is 1. The van der Waals surface area contributed by atoms with E-state index in [1.165, 1.54) is 12.3 Å². The van der Waals surface area contributed by atoms with Crippen LogP contribution in [0.2, 0.25) is 5.15 Å².